The molecule has 3 nitrogen and oxygen atoms in total. The summed E-state index contributed by atoms with van der Waals surface area (Å²) in [6, 6.07) is 8.02. The molecule has 1 atom stereocenters. The van der Waals surface area contributed by atoms with Crippen LogP contribution in [-0.2, 0) is 4.79 Å². The van der Waals surface area contributed by atoms with Gasteiger partial charge in [-0.25, -0.2) is 0 Å². The largest absolute Gasteiger partial charge is 0.299 e. The topological polar surface area (TPSA) is 60.2 Å². The molecule has 74 valence electrons. The molecule has 2 N–H and O–H groups in total. The van der Waals surface area contributed by atoms with Gasteiger partial charge in [-0.2, -0.15) is 0 Å². The molecule has 5 heteroatoms. The normalized spacial score (nSPS) is 14.5. The first-order valence-corrected chi connectivity index (χ1v) is 4.49. The maximum Gasteiger partial charge on any atom is 0.265 e. The van der Waals surface area contributed by atoms with Crippen LogP contribution in [0.3, 0.4) is 0 Å². The summed E-state index contributed by atoms with van der Waals surface area (Å²) < 4.78 is 0. The van der Waals surface area contributed by atoms with Crippen LogP contribution < -0.4 is 5.73 Å². The van der Waals surface area contributed by atoms with E-state index in [0.29, 0.717) is 0 Å². The summed E-state index contributed by atoms with van der Waals surface area (Å²) in [7, 11) is 0. The molecule has 0 spiro atoms. The van der Waals surface area contributed by atoms with Gasteiger partial charge < -0.3 is 0 Å². The van der Waals surface area contributed by atoms with Crippen LogP contribution in [0.4, 0.5) is 0 Å². The average Bonchev–Trinajstić information content (AvgIpc) is 2.17. The van der Waals surface area contributed by atoms with E-state index in [-0.39, 0.29) is 5.56 Å². The minimum atomic E-state index is -2.18. The van der Waals surface area contributed by atoms with Crippen molar-refractivity contribution < 1.29 is 9.59 Å². The maximum atomic E-state index is 11.5. The van der Waals surface area contributed by atoms with Gasteiger partial charge in [-0.05, 0) is 11.6 Å². The van der Waals surface area contributed by atoms with Gasteiger partial charge in [-0.3, -0.25) is 15.3 Å². The number of rotatable bonds is 3. The fourth-order valence-electron chi connectivity index (χ4n) is 0.889. The SMILES string of the molecule is NC(Cl)(C(=O)Cl)C(=O)c1ccccc1. The second kappa shape index (κ2) is 4.09. The molecule has 0 aliphatic rings. The molecule has 0 bridgehead atoms. The van der Waals surface area contributed by atoms with Crippen LogP contribution in [0.2, 0.25) is 0 Å². The number of nitrogens with two attached hydrogens (primary N) is 1. The maximum absolute atomic E-state index is 11.5. The summed E-state index contributed by atoms with van der Waals surface area (Å²) in [6.07, 6.45) is 0. The van der Waals surface area contributed by atoms with Gasteiger partial charge in [-0.1, -0.05) is 41.9 Å². The fraction of sp³-hybridized carbons (Fsp3) is 0.111. The van der Waals surface area contributed by atoms with Crippen LogP contribution in [0, 0.1) is 0 Å². The van der Waals surface area contributed by atoms with Crippen LogP contribution in [0.5, 0.6) is 0 Å². The van der Waals surface area contributed by atoms with Crippen LogP contribution in [0.1, 0.15) is 10.4 Å². The second-order valence-electron chi connectivity index (χ2n) is 2.68. The van der Waals surface area contributed by atoms with Crippen LogP contribution in [0.25, 0.3) is 0 Å². The zero-order chi connectivity index (χ0) is 10.8. The lowest BCUT2D eigenvalue weighted by molar-refractivity contribution is -0.112. The van der Waals surface area contributed by atoms with Gasteiger partial charge in [0.25, 0.3) is 5.24 Å². The van der Waals surface area contributed by atoms with Crippen molar-refractivity contribution in [2.75, 3.05) is 0 Å². The van der Waals surface area contributed by atoms with Gasteiger partial charge in [0.05, 0.1) is 0 Å². The van der Waals surface area contributed by atoms with E-state index in [2.05, 4.69) is 0 Å². The Hall–Kier alpha value is -0.900. The number of hydrogen-bond donors (Lipinski definition) is 1. The Morgan fingerprint density at radius 2 is 1.71 bits per heavy atom. The molecule has 0 radical (unpaired) electrons. The van der Waals surface area contributed by atoms with E-state index < -0.39 is 16.0 Å². The van der Waals surface area contributed by atoms with E-state index in [0.717, 1.165) is 0 Å². The molecule has 0 saturated carbocycles. The lowest BCUT2D eigenvalue weighted by Gasteiger charge is -2.14. The Bertz CT molecular complexity index is 362. The molecule has 0 aliphatic carbocycles. The first-order chi connectivity index (χ1) is 6.46. The van der Waals surface area contributed by atoms with Crippen molar-refractivity contribution in [1.29, 1.82) is 0 Å². The summed E-state index contributed by atoms with van der Waals surface area (Å²) in [5, 5.41) is -1.09. The molecule has 1 aromatic rings. The molecule has 0 heterocycles. The standard InChI is InChI=1S/C9H7Cl2NO2/c10-8(14)9(11,12)7(13)6-4-2-1-3-5-6/h1-5H,12H2. The van der Waals surface area contributed by atoms with Crippen molar-refractivity contribution >= 4 is 34.2 Å². The van der Waals surface area contributed by atoms with E-state index in [1.165, 1.54) is 12.1 Å². The molecular weight excluding hydrogens is 225 g/mol. The Balaban J connectivity index is 3.03. The molecule has 0 aromatic heterocycles. The first-order valence-electron chi connectivity index (χ1n) is 3.74. The van der Waals surface area contributed by atoms with Gasteiger partial charge in [0.15, 0.2) is 0 Å². The van der Waals surface area contributed by atoms with Crippen molar-refractivity contribution in [1.82, 2.24) is 0 Å². The van der Waals surface area contributed by atoms with Crippen molar-refractivity contribution in [3.8, 4) is 0 Å². The summed E-state index contributed by atoms with van der Waals surface area (Å²) >= 11 is 10.6. The number of hydrogen-bond acceptors (Lipinski definition) is 3. The molecule has 1 aromatic carbocycles. The zero-order valence-electron chi connectivity index (χ0n) is 7.04. The number of benzene rings is 1. The van der Waals surface area contributed by atoms with Gasteiger partial charge in [-0.15, -0.1) is 0 Å². The van der Waals surface area contributed by atoms with E-state index in [4.69, 9.17) is 28.9 Å². The van der Waals surface area contributed by atoms with Gasteiger partial charge in [0.1, 0.15) is 0 Å². The van der Waals surface area contributed by atoms with Crippen molar-refractivity contribution in [2.45, 2.75) is 5.00 Å². The monoisotopic (exact) mass is 231 g/mol. The number of alkyl halides is 1. The highest BCUT2D eigenvalue weighted by Gasteiger charge is 2.39. The highest BCUT2D eigenvalue weighted by atomic mass is 35.5. The molecule has 14 heavy (non-hydrogen) atoms. The summed E-state index contributed by atoms with van der Waals surface area (Å²) in [5.74, 6) is -0.709. The van der Waals surface area contributed by atoms with Crippen LogP contribution in [-0.4, -0.2) is 16.0 Å². The zero-order valence-corrected chi connectivity index (χ0v) is 8.55. The minimum absolute atomic E-state index is 0.249. The van der Waals surface area contributed by atoms with Crippen LogP contribution >= 0.6 is 23.2 Å². The molecule has 0 saturated heterocycles. The predicted octanol–water partition coefficient (Wildman–Crippen LogP) is 1.53. The van der Waals surface area contributed by atoms with Gasteiger partial charge >= 0.3 is 0 Å². The highest BCUT2D eigenvalue weighted by molar-refractivity contribution is 6.74. The Kier molecular flexibility index (Phi) is 3.26. The molecule has 1 unspecified atom stereocenters. The number of carbonyl (C=O) groups is 2. The number of halogens is 2. The first kappa shape index (κ1) is 11.2. The minimum Gasteiger partial charge on any atom is -0.299 e. The van der Waals surface area contributed by atoms with Crippen LogP contribution in [0.15, 0.2) is 30.3 Å². The van der Waals surface area contributed by atoms with E-state index >= 15 is 0 Å². The number of Topliss-reactive ketones (excluding diaryl/α,β-unsaturated/α-hetero) is 1. The average molecular weight is 232 g/mol. The quantitative estimate of drug-likeness (QED) is 0.282. The van der Waals surface area contributed by atoms with E-state index in [1.807, 2.05) is 0 Å². The fourth-order valence-corrected chi connectivity index (χ4v) is 1.08. The third kappa shape index (κ3) is 2.12. The lowest BCUT2D eigenvalue weighted by Crippen LogP contribution is -2.47. The number of ketones is 1. The third-order valence-corrected chi connectivity index (χ3v) is 2.39. The highest BCUT2D eigenvalue weighted by Crippen LogP contribution is 2.18. The Morgan fingerprint density at radius 1 is 1.21 bits per heavy atom. The summed E-state index contributed by atoms with van der Waals surface area (Å²) in [6.45, 7) is 0. The molecule has 0 fully saturated rings. The van der Waals surface area contributed by atoms with E-state index in [9.17, 15) is 9.59 Å². The number of carbonyl (C=O) groups excluding carboxylic acids is 2. The summed E-state index contributed by atoms with van der Waals surface area (Å²) in [4.78, 5) is 20.1. The van der Waals surface area contributed by atoms with Crippen molar-refractivity contribution in [2.24, 2.45) is 5.73 Å². The van der Waals surface area contributed by atoms with Crippen molar-refractivity contribution in [3.05, 3.63) is 35.9 Å². The van der Waals surface area contributed by atoms with Gasteiger partial charge in [0.2, 0.25) is 10.8 Å². The molecule has 0 aliphatic heterocycles. The Labute approximate surface area is 90.8 Å². The predicted molar refractivity (Wildman–Crippen MR) is 54.4 cm³/mol. The van der Waals surface area contributed by atoms with E-state index in [1.54, 1.807) is 18.2 Å². The van der Waals surface area contributed by atoms with Gasteiger partial charge in [0, 0.05) is 5.56 Å². The van der Waals surface area contributed by atoms with Crippen molar-refractivity contribution in [3.63, 3.8) is 0 Å². The third-order valence-electron chi connectivity index (χ3n) is 1.65. The Morgan fingerprint density at radius 3 is 2.14 bits per heavy atom. The molecule has 1 rings (SSSR count). The molecular formula is C9H7Cl2NO2. The summed E-state index contributed by atoms with van der Waals surface area (Å²) in [5.41, 5.74) is 5.52. The molecule has 0 amide bonds. The smallest absolute Gasteiger partial charge is 0.265 e. The second-order valence-corrected chi connectivity index (χ2v) is 3.62. The lowest BCUT2D eigenvalue weighted by atomic mass is 10.1.